The van der Waals surface area contributed by atoms with Crippen molar-refractivity contribution in [3.05, 3.63) is 20.3 Å². The lowest BCUT2D eigenvalue weighted by atomic mass is 9.70. The molecule has 0 spiro atoms. The Kier molecular flexibility index (Phi) is 4.90. The Morgan fingerprint density at radius 2 is 2.06 bits per heavy atom. The fourth-order valence-electron chi connectivity index (χ4n) is 3.21. The Bertz CT molecular complexity index is 393. The predicted molar refractivity (Wildman–Crippen MR) is 84.4 cm³/mol. The van der Waals surface area contributed by atoms with Gasteiger partial charge in [0.25, 0.3) is 0 Å². The summed E-state index contributed by atoms with van der Waals surface area (Å²) in [6.07, 6.45) is 6.90. The number of aryl methyl sites for hydroxylation is 1. The van der Waals surface area contributed by atoms with E-state index < -0.39 is 0 Å². The second-order valence-corrected chi connectivity index (χ2v) is 7.92. The monoisotopic (exact) mass is 329 g/mol. The highest BCUT2D eigenvalue weighted by Gasteiger charge is 2.37. The van der Waals surface area contributed by atoms with E-state index in [2.05, 4.69) is 48.1 Å². The van der Waals surface area contributed by atoms with Crippen LogP contribution in [0, 0.1) is 12.3 Å². The van der Waals surface area contributed by atoms with Gasteiger partial charge in [0, 0.05) is 20.3 Å². The molecule has 1 nitrogen and oxygen atoms in total. The van der Waals surface area contributed by atoms with Gasteiger partial charge in [-0.3, -0.25) is 0 Å². The first-order valence-electron chi connectivity index (χ1n) is 7.06. The predicted octanol–water partition coefficient (Wildman–Crippen LogP) is 5.44. The molecule has 3 heteroatoms. The van der Waals surface area contributed by atoms with E-state index >= 15 is 0 Å². The van der Waals surface area contributed by atoms with Crippen LogP contribution in [0.2, 0.25) is 0 Å². The fourth-order valence-corrected chi connectivity index (χ4v) is 5.34. The standard InChI is InChI=1S/C15H24BrNS/c1-4-17-14(13-12(16)10-11(2)18-13)15(3)8-6-5-7-9-15/h10,14,17H,4-9H2,1-3H3. The van der Waals surface area contributed by atoms with Crippen LogP contribution < -0.4 is 5.32 Å². The van der Waals surface area contributed by atoms with Gasteiger partial charge in [-0.05, 0) is 53.7 Å². The van der Waals surface area contributed by atoms with Gasteiger partial charge >= 0.3 is 0 Å². The molecule has 1 aromatic rings. The van der Waals surface area contributed by atoms with Crippen molar-refractivity contribution in [2.24, 2.45) is 5.41 Å². The molecule has 1 aliphatic carbocycles. The van der Waals surface area contributed by atoms with Gasteiger partial charge < -0.3 is 5.32 Å². The van der Waals surface area contributed by atoms with Crippen LogP contribution in [0.25, 0.3) is 0 Å². The maximum atomic E-state index is 3.75. The fraction of sp³-hybridized carbons (Fsp3) is 0.733. The molecule has 18 heavy (non-hydrogen) atoms. The van der Waals surface area contributed by atoms with Crippen molar-refractivity contribution in [2.45, 2.75) is 58.9 Å². The molecule has 1 saturated carbocycles. The minimum atomic E-state index is 0.425. The number of hydrogen-bond acceptors (Lipinski definition) is 2. The SMILES string of the molecule is CCNC(c1sc(C)cc1Br)C1(C)CCCCC1. The van der Waals surface area contributed by atoms with Gasteiger partial charge in [0.2, 0.25) is 0 Å². The zero-order valence-corrected chi connectivity index (χ0v) is 14.1. The van der Waals surface area contributed by atoms with E-state index in [9.17, 15) is 0 Å². The quantitative estimate of drug-likeness (QED) is 0.775. The molecule has 1 heterocycles. The van der Waals surface area contributed by atoms with Crippen LogP contribution in [0.3, 0.4) is 0 Å². The smallest absolute Gasteiger partial charge is 0.0480 e. The Labute approximate surface area is 123 Å². The summed E-state index contributed by atoms with van der Waals surface area (Å²) in [6.45, 7) is 7.93. The summed E-state index contributed by atoms with van der Waals surface area (Å²) >= 11 is 5.69. The Morgan fingerprint density at radius 3 is 2.56 bits per heavy atom. The first-order valence-corrected chi connectivity index (χ1v) is 8.67. The summed E-state index contributed by atoms with van der Waals surface area (Å²) in [5.41, 5.74) is 0.425. The van der Waals surface area contributed by atoms with Gasteiger partial charge in [0.05, 0.1) is 0 Å². The highest BCUT2D eigenvalue weighted by atomic mass is 79.9. The highest BCUT2D eigenvalue weighted by molar-refractivity contribution is 9.10. The third-order valence-corrected chi connectivity index (χ3v) is 6.23. The van der Waals surface area contributed by atoms with Crippen molar-refractivity contribution in [3.63, 3.8) is 0 Å². The second kappa shape index (κ2) is 6.06. The molecule has 0 aliphatic heterocycles. The molecule has 102 valence electrons. The van der Waals surface area contributed by atoms with E-state index in [4.69, 9.17) is 0 Å². The zero-order chi connectivity index (χ0) is 13.2. The van der Waals surface area contributed by atoms with Gasteiger partial charge in [0.1, 0.15) is 0 Å². The van der Waals surface area contributed by atoms with Crippen LogP contribution in [-0.4, -0.2) is 6.54 Å². The van der Waals surface area contributed by atoms with Crippen molar-refractivity contribution >= 4 is 27.3 Å². The Hall–Kier alpha value is 0.140. The van der Waals surface area contributed by atoms with E-state index in [0.717, 1.165) is 6.54 Å². The lowest BCUT2D eigenvalue weighted by Gasteiger charge is -2.41. The van der Waals surface area contributed by atoms with Crippen LogP contribution >= 0.6 is 27.3 Å². The summed E-state index contributed by atoms with van der Waals surface area (Å²) in [4.78, 5) is 2.90. The molecule has 0 bridgehead atoms. The summed E-state index contributed by atoms with van der Waals surface area (Å²) in [7, 11) is 0. The van der Waals surface area contributed by atoms with Gasteiger partial charge in [-0.1, -0.05) is 33.1 Å². The third kappa shape index (κ3) is 3.00. The minimum absolute atomic E-state index is 0.425. The molecule has 1 fully saturated rings. The van der Waals surface area contributed by atoms with Crippen LogP contribution in [-0.2, 0) is 0 Å². The summed E-state index contributed by atoms with van der Waals surface area (Å²) < 4.78 is 1.29. The maximum absolute atomic E-state index is 3.75. The number of rotatable bonds is 4. The molecule has 1 unspecified atom stereocenters. The van der Waals surface area contributed by atoms with Gasteiger partial charge in [-0.2, -0.15) is 0 Å². The van der Waals surface area contributed by atoms with Crippen molar-refractivity contribution < 1.29 is 0 Å². The van der Waals surface area contributed by atoms with Crippen LogP contribution in [0.5, 0.6) is 0 Å². The second-order valence-electron chi connectivity index (χ2n) is 5.77. The normalized spacial score (nSPS) is 20.9. The topological polar surface area (TPSA) is 12.0 Å². The summed E-state index contributed by atoms with van der Waals surface area (Å²) in [6, 6.07) is 2.77. The minimum Gasteiger partial charge on any atom is -0.309 e. The molecule has 1 aliphatic rings. The lowest BCUT2D eigenvalue weighted by molar-refractivity contribution is 0.148. The molecule has 0 amide bonds. The van der Waals surface area contributed by atoms with E-state index in [1.807, 2.05) is 11.3 Å². The van der Waals surface area contributed by atoms with E-state index in [0.29, 0.717) is 11.5 Å². The lowest BCUT2D eigenvalue weighted by Crippen LogP contribution is -2.37. The average Bonchev–Trinajstić information content (AvgIpc) is 2.66. The average molecular weight is 330 g/mol. The maximum Gasteiger partial charge on any atom is 0.0480 e. The molecule has 1 N–H and O–H groups in total. The number of halogens is 1. The van der Waals surface area contributed by atoms with Crippen molar-refractivity contribution in [1.82, 2.24) is 5.32 Å². The third-order valence-electron chi connectivity index (χ3n) is 4.20. The first-order chi connectivity index (χ1) is 8.57. The van der Waals surface area contributed by atoms with Crippen LogP contribution in [0.1, 0.15) is 61.7 Å². The van der Waals surface area contributed by atoms with Crippen molar-refractivity contribution in [1.29, 1.82) is 0 Å². The zero-order valence-electron chi connectivity index (χ0n) is 11.7. The first kappa shape index (κ1) is 14.5. The van der Waals surface area contributed by atoms with E-state index in [1.54, 1.807) is 0 Å². The van der Waals surface area contributed by atoms with Gasteiger partial charge in [-0.15, -0.1) is 11.3 Å². The molecule has 2 rings (SSSR count). The highest BCUT2D eigenvalue weighted by Crippen LogP contribution is 2.49. The molecule has 0 aromatic carbocycles. The molecule has 0 saturated heterocycles. The van der Waals surface area contributed by atoms with E-state index in [-0.39, 0.29) is 0 Å². The number of hydrogen-bond donors (Lipinski definition) is 1. The number of thiophene rings is 1. The van der Waals surface area contributed by atoms with Gasteiger partial charge in [-0.25, -0.2) is 0 Å². The largest absolute Gasteiger partial charge is 0.309 e. The Morgan fingerprint density at radius 1 is 1.39 bits per heavy atom. The summed E-state index contributed by atoms with van der Waals surface area (Å²) in [5.74, 6) is 0. The Balaban J connectivity index is 2.29. The molecule has 1 atom stereocenters. The van der Waals surface area contributed by atoms with Crippen molar-refractivity contribution in [2.75, 3.05) is 6.54 Å². The molecule has 0 radical (unpaired) electrons. The molecular formula is C15H24BrNS. The van der Waals surface area contributed by atoms with Crippen LogP contribution in [0.15, 0.2) is 10.5 Å². The van der Waals surface area contributed by atoms with E-state index in [1.165, 1.54) is 46.3 Å². The van der Waals surface area contributed by atoms with Crippen LogP contribution in [0.4, 0.5) is 0 Å². The van der Waals surface area contributed by atoms with Gasteiger partial charge in [0.15, 0.2) is 0 Å². The number of nitrogens with one attached hydrogen (secondary N) is 1. The molecular weight excluding hydrogens is 306 g/mol. The summed E-state index contributed by atoms with van der Waals surface area (Å²) in [5, 5.41) is 3.74. The van der Waals surface area contributed by atoms with Crippen molar-refractivity contribution in [3.8, 4) is 0 Å². The molecule has 1 aromatic heterocycles.